The molecule has 27 heavy (non-hydrogen) atoms. The summed E-state index contributed by atoms with van der Waals surface area (Å²) < 4.78 is 0. The van der Waals surface area contributed by atoms with Gasteiger partial charge in [-0.25, -0.2) is 4.99 Å². The van der Waals surface area contributed by atoms with Gasteiger partial charge in [-0.15, -0.1) is 24.0 Å². The van der Waals surface area contributed by atoms with Gasteiger partial charge in [-0.1, -0.05) is 18.6 Å². The molecule has 0 radical (unpaired) electrons. The summed E-state index contributed by atoms with van der Waals surface area (Å²) in [5.41, 5.74) is 1.66. The minimum absolute atomic E-state index is 0. The van der Waals surface area contributed by atoms with E-state index in [2.05, 4.69) is 21.7 Å². The molecule has 0 aromatic heterocycles. The van der Waals surface area contributed by atoms with E-state index in [1.807, 2.05) is 30.0 Å². The second-order valence-electron chi connectivity index (χ2n) is 6.48. The number of carbonyl (C=O) groups is 1. The summed E-state index contributed by atoms with van der Waals surface area (Å²) >= 11 is 0. The Morgan fingerprint density at radius 3 is 2.93 bits per heavy atom. The Kier molecular flexibility index (Phi) is 11.5. The highest BCUT2D eigenvalue weighted by molar-refractivity contribution is 14.0. The van der Waals surface area contributed by atoms with Gasteiger partial charge in [0.25, 0.3) is 0 Å². The lowest BCUT2D eigenvalue weighted by molar-refractivity contribution is -0.130. The monoisotopic (exact) mass is 483 g/mol. The first-order valence-corrected chi connectivity index (χ1v) is 9.52. The maximum absolute atomic E-state index is 12.0. The quantitative estimate of drug-likeness (QED) is 0.271. The first-order valence-electron chi connectivity index (χ1n) is 9.52. The zero-order valence-corrected chi connectivity index (χ0v) is 18.4. The van der Waals surface area contributed by atoms with Crippen LogP contribution in [0.15, 0.2) is 29.3 Å². The van der Waals surface area contributed by atoms with Crippen LogP contribution in [0.5, 0.6) is 0 Å². The minimum Gasteiger partial charge on any atom is -0.357 e. The summed E-state index contributed by atoms with van der Waals surface area (Å²) in [4.78, 5) is 18.6. The number of carbonyl (C=O) groups excluding carboxylic acids is 1. The Morgan fingerprint density at radius 2 is 2.15 bits per heavy atom. The zero-order chi connectivity index (χ0) is 18.6. The van der Waals surface area contributed by atoms with Crippen LogP contribution in [0.3, 0.4) is 0 Å². The highest BCUT2D eigenvalue weighted by Gasteiger charge is 2.15. The first-order chi connectivity index (χ1) is 12.7. The fourth-order valence-electron chi connectivity index (χ4n) is 3.00. The highest BCUT2D eigenvalue weighted by atomic mass is 127. The van der Waals surface area contributed by atoms with Crippen LogP contribution in [0.2, 0.25) is 0 Å². The van der Waals surface area contributed by atoms with Gasteiger partial charge in [0.1, 0.15) is 0 Å². The average Bonchev–Trinajstić information content (AvgIpc) is 2.87. The molecule has 1 amide bonds. The van der Waals surface area contributed by atoms with Gasteiger partial charge in [-0.2, -0.15) is 5.26 Å². The molecule has 1 aliphatic heterocycles. The summed E-state index contributed by atoms with van der Waals surface area (Å²) in [7, 11) is 0. The number of guanidine groups is 1. The van der Waals surface area contributed by atoms with Crippen molar-refractivity contribution in [1.82, 2.24) is 15.5 Å². The Labute approximate surface area is 179 Å². The zero-order valence-electron chi connectivity index (χ0n) is 16.0. The van der Waals surface area contributed by atoms with Crippen LogP contribution in [-0.4, -0.2) is 42.9 Å². The van der Waals surface area contributed by atoms with Crippen molar-refractivity contribution < 1.29 is 4.79 Å². The number of likely N-dealkylation sites (tertiary alicyclic amines) is 1. The van der Waals surface area contributed by atoms with Crippen molar-refractivity contribution in [3.05, 3.63) is 35.4 Å². The molecule has 2 N–H and O–H groups in total. The Bertz CT molecular complexity index is 656. The van der Waals surface area contributed by atoms with Crippen molar-refractivity contribution in [2.24, 2.45) is 4.99 Å². The first kappa shape index (κ1) is 23.2. The largest absolute Gasteiger partial charge is 0.357 e. The molecule has 0 aliphatic carbocycles. The second-order valence-corrected chi connectivity index (χ2v) is 6.48. The summed E-state index contributed by atoms with van der Waals surface area (Å²) in [6.45, 7) is 5.80. The van der Waals surface area contributed by atoms with E-state index in [4.69, 9.17) is 5.26 Å². The van der Waals surface area contributed by atoms with E-state index in [1.54, 1.807) is 6.07 Å². The van der Waals surface area contributed by atoms with E-state index in [1.165, 1.54) is 0 Å². The molecule has 0 bridgehead atoms. The lowest BCUT2D eigenvalue weighted by atomic mass is 10.1. The van der Waals surface area contributed by atoms with Crippen molar-refractivity contribution in [1.29, 1.82) is 5.26 Å². The van der Waals surface area contributed by atoms with Crippen LogP contribution < -0.4 is 10.6 Å². The standard InChI is InChI=1S/C20H29N5O.HI/c1-2-22-20(24-16-18-9-6-8-17(14-18)15-21)23-11-7-13-25-12-5-3-4-10-19(25)26;/h6,8-9,14H,2-5,7,10-13,16H2,1H3,(H2,22,23,24);1H. The number of amides is 1. The van der Waals surface area contributed by atoms with E-state index >= 15 is 0 Å². The molecule has 1 aromatic carbocycles. The number of nitriles is 1. The molecule has 0 spiro atoms. The van der Waals surface area contributed by atoms with E-state index in [-0.39, 0.29) is 24.0 Å². The number of nitrogens with zero attached hydrogens (tertiary/aromatic N) is 3. The molecule has 1 heterocycles. The normalized spacial score (nSPS) is 14.7. The molecule has 7 heteroatoms. The number of hydrogen-bond donors (Lipinski definition) is 2. The van der Waals surface area contributed by atoms with Gasteiger partial charge in [0.15, 0.2) is 5.96 Å². The van der Waals surface area contributed by atoms with E-state index in [0.29, 0.717) is 24.4 Å². The van der Waals surface area contributed by atoms with Crippen molar-refractivity contribution in [3.63, 3.8) is 0 Å². The van der Waals surface area contributed by atoms with Crippen LogP contribution in [0, 0.1) is 11.3 Å². The fraction of sp³-hybridized carbons (Fsp3) is 0.550. The third-order valence-electron chi connectivity index (χ3n) is 4.39. The van der Waals surface area contributed by atoms with Crippen LogP contribution in [0.4, 0.5) is 0 Å². The summed E-state index contributed by atoms with van der Waals surface area (Å²) in [6, 6.07) is 9.65. The summed E-state index contributed by atoms with van der Waals surface area (Å²) in [5, 5.41) is 15.5. The Morgan fingerprint density at radius 1 is 1.30 bits per heavy atom. The predicted molar refractivity (Wildman–Crippen MR) is 119 cm³/mol. The molecule has 0 saturated carbocycles. The lowest BCUT2D eigenvalue weighted by Gasteiger charge is -2.20. The maximum atomic E-state index is 12.0. The second kappa shape index (κ2) is 13.4. The predicted octanol–water partition coefficient (Wildman–Crippen LogP) is 3.02. The van der Waals surface area contributed by atoms with Gasteiger partial charge >= 0.3 is 0 Å². The molecule has 0 unspecified atom stereocenters. The number of nitrogens with one attached hydrogen (secondary N) is 2. The molecule has 148 valence electrons. The Hall–Kier alpha value is -1.82. The fourth-order valence-corrected chi connectivity index (χ4v) is 3.00. The van der Waals surface area contributed by atoms with E-state index < -0.39 is 0 Å². The van der Waals surface area contributed by atoms with Crippen LogP contribution >= 0.6 is 24.0 Å². The van der Waals surface area contributed by atoms with E-state index in [9.17, 15) is 4.79 Å². The number of halogens is 1. The summed E-state index contributed by atoms with van der Waals surface area (Å²) in [5.74, 6) is 1.05. The third-order valence-corrected chi connectivity index (χ3v) is 4.39. The number of hydrogen-bond acceptors (Lipinski definition) is 3. The van der Waals surface area contributed by atoms with Crippen molar-refractivity contribution >= 4 is 35.8 Å². The molecular weight excluding hydrogens is 453 g/mol. The van der Waals surface area contributed by atoms with Gasteiger partial charge in [0.2, 0.25) is 5.91 Å². The number of benzene rings is 1. The Balaban J connectivity index is 0.00000364. The van der Waals surface area contributed by atoms with Gasteiger partial charge in [-0.05, 0) is 43.9 Å². The van der Waals surface area contributed by atoms with E-state index in [0.717, 1.165) is 63.4 Å². The molecule has 1 aliphatic rings. The highest BCUT2D eigenvalue weighted by Crippen LogP contribution is 2.11. The molecule has 2 rings (SSSR count). The number of rotatable bonds is 7. The molecule has 1 fully saturated rings. The summed E-state index contributed by atoms with van der Waals surface area (Å²) in [6.07, 6.45) is 4.90. The smallest absolute Gasteiger partial charge is 0.222 e. The molecule has 0 atom stereocenters. The van der Waals surface area contributed by atoms with Crippen molar-refractivity contribution in [2.45, 2.75) is 45.6 Å². The van der Waals surface area contributed by atoms with Crippen LogP contribution in [0.25, 0.3) is 0 Å². The van der Waals surface area contributed by atoms with Crippen LogP contribution in [-0.2, 0) is 11.3 Å². The molecule has 1 saturated heterocycles. The molecule has 1 aromatic rings. The lowest BCUT2D eigenvalue weighted by Crippen LogP contribution is -2.39. The average molecular weight is 483 g/mol. The SMILES string of the molecule is CCNC(=NCc1cccc(C#N)c1)NCCCN1CCCCCC1=O.I. The molecule has 6 nitrogen and oxygen atoms in total. The van der Waals surface area contributed by atoms with Gasteiger partial charge in [0, 0.05) is 32.6 Å². The van der Waals surface area contributed by atoms with Crippen molar-refractivity contribution in [3.8, 4) is 6.07 Å². The topological polar surface area (TPSA) is 80.5 Å². The number of aliphatic imine (C=N–C) groups is 1. The minimum atomic E-state index is 0. The van der Waals surface area contributed by atoms with Gasteiger partial charge < -0.3 is 15.5 Å². The maximum Gasteiger partial charge on any atom is 0.222 e. The van der Waals surface area contributed by atoms with Gasteiger partial charge in [-0.3, -0.25) is 4.79 Å². The molecular formula is C20H30IN5O. The third kappa shape index (κ3) is 8.61. The van der Waals surface area contributed by atoms with Crippen molar-refractivity contribution in [2.75, 3.05) is 26.2 Å². The van der Waals surface area contributed by atoms with Crippen LogP contribution in [0.1, 0.15) is 50.2 Å². The van der Waals surface area contributed by atoms with Gasteiger partial charge in [0.05, 0.1) is 18.2 Å².